The van der Waals surface area contributed by atoms with E-state index in [9.17, 15) is 15.0 Å². The smallest absolute Gasteiger partial charge is 0.337 e. The molecule has 0 saturated carbocycles. The summed E-state index contributed by atoms with van der Waals surface area (Å²) in [7, 11) is 0. The molecule has 4 nitrogen and oxygen atoms in total. The minimum atomic E-state index is -0.935. The van der Waals surface area contributed by atoms with Gasteiger partial charge in [0.2, 0.25) is 0 Å². The molecular formula is C16H12O4S. The average Bonchev–Trinajstić information content (AvgIpc) is 2.89. The second-order valence-corrected chi connectivity index (χ2v) is 5.38. The molecule has 0 spiro atoms. The molecule has 21 heavy (non-hydrogen) atoms. The molecule has 0 bridgehead atoms. The number of carboxylic acids is 1. The molecule has 0 amide bonds. The monoisotopic (exact) mass is 300 g/mol. The zero-order chi connectivity index (χ0) is 14.8. The normalized spacial score (nSPS) is 10.7. The van der Waals surface area contributed by atoms with Crippen molar-refractivity contribution in [3.05, 3.63) is 59.0 Å². The number of carbonyl (C=O) groups is 1. The second kappa shape index (κ2) is 5.46. The van der Waals surface area contributed by atoms with Gasteiger partial charge in [-0.05, 0) is 29.0 Å². The molecule has 0 aliphatic rings. The minimum absolute atomic E-state index is 0.0864. The number of aromatic carboxylic acids is 1. The predicted molar refractivity (Wildman–Crippen MR) is 81.2 cm³/mol. The topological polar surface area (TPSA) is 66.8 Å². The molecule has 106 valence electrons. The summed E-state index contributed by atoms with van der Waals surface area (Å²) in [6, 6.07) is 11.9. The molecule has 0 aliphatic heterocycles. The van der Waals surface area contributed by atoms with Crippen LogP contribution in [0.5, 0.6) is 11.5 Å². The summed E-state index contributed by atoms with van der Waals surface area (Å²) in [5.41, 5.74) is 1.20. The highest BCUT2D eigenvalue weighted by Crippen LogP contribution is 2.31. The maximum atomic E-state index is 11.2. The Morgan fingerprint density at radius 2 is 1.95 bits per heavy atom. The van der Waals surface area contributed by atoms with Gasteiger partial charge in [0.05, 0.1) is 5.56 Å². The number of rotatable bonds is 4. The Kier molecular flexibility index (Phi) is 3.50. The summed E-state index contributed by atoms with van der Waals surface area (Å²) in [5, 5.41) is 21.6. The van der Waals surface area contributed by atoms with E-state index in [1.807, 2.05) is 11.4 Å². The lowest BCUT2D eigenvalue weighted by atomic mass is 10.1. The van der Waals surface area contributed by atoms with Crippen LogP contribution in [0.4, 0.5) is 0 Å². The van der Waals surface area contributed by atoms with Crippen LogP contribution in [0, 0.1) is 0 Å². The van der Waals surface area contributed by atoms with Crippen LogP contribution in [0.2, 0.25) is 0 Å². The fourth-order valence-electron chi connectivity index (χ4n) is 2.13. The average molecular weight is 300 g/mol. The van der Waals surface area contributed by atoms with E-state index in [2.05, 4.69) is 0 Å². The van der Waals surface area contributed by atoms with Crippen molar-refractivity contribution in [2.75, 3.05) is 0 Å². The number of phenolic OH excluding ortho intramolecular Hbond substituents is 1. The Balaban J connectivity index is 1.90. The van der Waals surface area contributed by atoms with Gasteiger partial charge in [0.1, 0.15) is 6.61 Å². The Morgan fingerprint density at radius 1 is 1.14 bits per heavy atom. The van der Waals surface area contributed by atoms with Crippen LogP contribution in [0.25, 0.3) is 10.1 Å². The van der Waals surface area contributed by atoms with Gasteiger partial charge in [0.25, 0.3) is 0 Å². The summed E-state index contributed by atoms with van der Waals surface area (Å²) in [5.74, 6) is -0.440. The van der Waals surface area contributed by atoms with Gasteiger partial charge in [0, 0.05) is 10.3 Å². The zero-order valence-electron chi connectivity index (χ0n) is 10.9. The van der Waals surface area contributed by atoms with Crippen molar-refractivity contribution in [2.45, 2.75) is 6.61 Å². The Bertz CT molecular complexity index is 807. The lowest BCUT2D eigenvalue weighted by molar-refractivity contribution is 0.0699. The van der Waals surface area contributed by atoms with E-state index >= 15 is 0 Å². The van der Waals surface area contributed by atoms with Gasteiger partial charge in [-0.1, -0.05) is 24.3 Å². The maximum absolute atomic E-state index is 11.2. The lowest BCUT2D eigenvalue weighted by Crippen LogP contribution is -1.97. The highest BCUT2D eigenvalue weighted by atomic mass is 32.1. The summed E-state index contributed by atoms with van der Waals surface area (Å²) in [6.07, 6.45) is 0. The fraction of sp³-hybridized carbons (Fsp3) is 0.0625. The molecule has 2 aromatic carbocycles. The largest absolute Gasteiger partial charge is 0.504 e. The van der Waals surface area contributed by atoms with Crippen LogP contribution >= 0.6 is 11.3 Å². The van der Waals surface area contributed by atoms with E-state index in [1.54, 1.807) is 36.4 Å². The molecule has 3 rings (SSSR count). The number of aromatic hydroxyl groups is 1. The van der Waals surface area contributed by atoms with Crippen LogP contribution in [-0.2, 0) is 6.61 Å². The molecule has 0 saturated heterocycles. The van der Waals surface area contributed by atoms with Crippen molar-refractivity contribution in [3.8, 4) is 11.5 Å². The first kappa shape index (κ1) is 13.5. The number of carboxylic acid groups (broad SMARTS) is 1. The molecule has 2 N–H and O–H groups in total. The van der Waals surface area contributed by atoms with E-state index in [0.29, 0.717) is 11.3 Å². The number of phenols is 1. The maximum Gasteiger partial charge on any atom is 0.337 e. The van der Waals surface area contributed by atoms with Gasteiger partial charge in [-0.15, -0.1) is 11.3 Å². The third-order valence-corrected chi connectivity index (χ3v) is 4.24. The van der Waals surface area contributed by atoms with Crippen molar-refractivity contribution in [3.63, 3.8) is 0 Å². The van der Waals surface area contributed by atoms with E-state index in [4.69, 9.17) is 4.74 Å². The zero-order valence-corrected chi connectivity index (χ0v) is 11.8. The van der Waals surface area contributed by atoms with E-state index in [-0.39, 0.29) is 12.4 Å². The first-order chi connectivity index (χ1) is 10.2. The van der Waals surface area contributed by atoms with E-state index in [1.165, 1.54) is 11.3 Å². The minimum Gasteiger partial charge on any atom is -0.504 e. The summed E-state index contributed by atoms with van der Waals surface area (Å²) < 4.78 is 6.34. The number of hydrogen-bond donors (Lipinski definition) is 2. The molecule has 0 radical (unpaired) electrons. The first-order valence-corrected chi connectivity index (χ1v) is 7.18. The van der Waals surface area contributed by atoms with Crippen LogP contribution < -0.4 is 4.74 Å². The number of thiophene rings is 1. The number of hydrogen-bond acceptors (Lipinski definition) is 4. The number of benzene rings is 2. The first-order valence-electron chi connectivity index (χ1n) is 6.30. The van der Waals surface area contributed by atoms with Gasteiger partial charge in [-0.3, -0.25) is 0 Å². The van der Waals surface area contributed by atoms with Gasteiger partial charge >= 0.3 is 5.97 Å². The molecule has 1 heterocycles. The van der Waals surface area contributed by atoms with Gasteiger partial charge in [-0.2, -0.15) is 0 Å². The number of fused-ring (bicyclic) bond motifs is 1. The molecular weight excluding hydrogens is 288 g/mol. The SMILES string of the molecule is O=C(O)c1cccc2c(COc3ccccc3O)csc12. The summed E-state index contributed by atoms with van der Waals surface area (Å²) >= 11 is 1.38. The summed E-state index contributed by atoms with van der Waals surface area (Å²) in [6.45, 7) is 0.278. The molecule has 1 aromatic heterocycles. The van der Waals surface area contributed by atoms with Crippen molar-refractivity contribution >= 4 is 27.4 Å². The highest BCUT2D eigenvalue weighted by molar-refractivity contribution is 7.17. The Hall–Kier alpha value is -2.53. The fourth-order valence-corrected chi connectivity index (χ4v) is 3.19. The van der Waals surface area contributed by atoms with Crippen molar-refractivity contribution in [2.24, 2.45) is 0 Å². The third kappa shape index (κ3) is 2.55. The Morgan fingerprint density at radius 3 is 2.71 bits per heavy atom. The molecule has 0 atom stereocenters. The van der Waals surface area contributed by atoms with Crippen molar-refractivity contribution in [1.82, 2.24) is 0 Å². The van der Waals surface area contributed by atoms with Crippen LogP contribution in [0.15, 0.2) is 47.8 Å². The standard InChI is InChI=1S/C16H12O4S/c17-13-6-1-2-7-14(13)20-8-10-9-21-15-11(10)4-3-5-12(15)16(18)19/h1-7,9,17H,8H2,(H,18,19). The van der Waals surface area contributed by atoms with Gasteiger partial charge in [0.15, 0.2) is 11.5 Å². The second-order valence-electron chi connectivity index (χ2n) is 4.50. The van der Waals surface area contributed by atoms with Crippen LogP contribution in [0.3, 0.4) is 0 Å². The lowest BCUT2D eigenvalue weighted by Gasteiger charge is -2.07. The van der Waals surface area contributed by atoms with Crippen molar-refractivity contribution < 1.29 is 19.7 Å². The molecule has 0 fully saturated rings. The number of ether oxygens (including phenoxy) is 1. The predicted octanol–water partition coefficient (Wildman–Crippen LogP) is 3.88. The third-order valence-electron chi connectivity index (χ3n) is 3.16. The Labute approximate surface area is 124 Å². The van der Waals surface area contributed by atoms with E-state index in [0.717, 1.165) is 15.6 Å². The molecule has 0 aliphatic carbocycles. The quantitative estimate of drug-likeness (QED) is 0.767. The summed E-state index contributed by atoms with van der Waals surface area (Å²) in [4.78, 5) is 11.2. The molecule has 5 heteroatoms. The molecule has 3 aromatic rings. The highest BCUT2D eigenvalue weighted by Gasteiger charge is 2.13. The van der Waals surface area contributed by atoms with Gasteiger partial charge < -0.3 is 14.9 Å². The molecule has 0 unspecified atom stereocenters. The number of para-hydroxylation sites is 2. The van der Waals surface area contributed by atoms with Crippen LogP contribution in [-0.4, -0.2) is 16.2 Å². The van der Waals surface area contributed by atoms with Crippen molar-refractivity contribution in [1.29, 1.82) is 0 Å². The van der Waals surface area contributed by atoms with Gasteiger partial charge in [-0.25, -0.2) is 4.79 Å². The van der Waals surface area contributed by atoms with Crippen LogP contribution in [0.1, 0.15) is 15.9 Å². The van der Waals surface area contributed by atoms with E-state index < -0.39 is 5.97 Å².